The Morgan fingerprint density at radius 1 is 1.17 bits per heavy atom. The first-order valence-electron chi connectivity index (χ1n) is 10.9. The van der Waals surface area contributed by atoms with Crippen molar-refractivity contribution in [2.24, 2.45) is 0 Å². The van der Waals surface area contributed by atoms with Gasteiger partial charge in [-0.3, -0.25) is 19.3 Å². The summed E-state index contributed by atoms with van der Waals surface area (Å²) >= 11 is 0. The standard InChI is InChI=1S/C23H27FN4O7S/c1-6-35-21-17(34-4)10-9-14(26-21)16(12-36(5,32)33)28-22(30)19-13(24)7-8-15(20(19)23(28)31)25-18(29)11-27(2)3/h7-10,16H,6,11-12H2,1-5H3,(H,25,29). The van der Waals surface area contributed by atoms with E-state index >= 15 is 0 Å². The van der Waals surface area contributed by atoms with Crippen molar-refractivity contribution in [3.05, 3.63) is 46.9 Å². The number of methoxy groups -OCH3 is 1. The first kappa shape index (κ1) is 27.0. The van der Waals surface area contributed by atoms with E-state index in [9.17, 15) is 27.2 Å². The maximum Gasteiger partial charge on any atom is 0.265 e. The minimum atomic E-state index is -3.76. The average molecular weight is 523 g/mol. The molecule has 2 aromatic rings. The topological polar surface area (TPSA) is 135 Å². The minimum absolute atomic E-state index is 0.0231. The van der Waals surface area contributed by atoms with E-state index in [1.165, 1.54) is 25.3 Å². The van der Waals surface area contributed by atoms with Gasteiger partial charge in [0.05, 0.1) is 54.6 Å². The highest BCUT2D eigenvalue weighted by molar-refractivity contribution is 7.90. The molecular weight excluding hydrogens is 495 g/mol. The lowest BCUT2D eigenvalue weighted by Gasteiger charge is -2.26. The number of nitrogens with zero attached hydrogens (tertiary/aromatic N) is 3. The van der Waals surface area contributed by atoms with E-state index in [4.69, 9.17) is 9.47 Å². The van der Waals surface area contributed by atoms with Crippen LogP contribution in [0.15, 0.2) is 24.3 Å². The van der Waals surface area contributed by atoms with Crippen LogP contribution in [-0.4, -0.2) is 87.3 Å². The van der Waals surface area contributed by atoms with Gasteiger partial charge in [0, 0.05) is 6.26 Å². The summed E-state index contributed by atoms with van der Waals surface area (Å²) in [6.45, 7) is 1.91. The number of ether oxygens (including phenoxy) is 2. The molecule has 0 saturated heterocycles. The second-order valence-electron chi connectivity index (χ2n) is 8.40. The number of sulfone groups is 1. The van der Waals surface area contributed by atoms with Crippen molar-refractivity contribution in [1.82, 2.24) is 14.8 Å². The number of pyridine rings is 1. The molecule has 0 spiro atoms. The number of carbonyl (C=O) groups excluding carboxylic acids is 3. The zero-order chi connectivity index (χ0) is 26.8. The quantitative estimate of drug-likeness (QED) is 0.461. The zero-order valence-electron chi connectivity index (χ0n) is 20.5. The van der Waals surface area contributed by atoms with Crippen molar-refractivity contribution in [2.45, 2.75) is 13.0 Å². The molecule has 0 radical (unpaired) electrons. The summed E-state index contributed by atoms with van der Waals surface area (Å²) in [4.78, 5) is 45.7. The lowest BCUT2D eigenvalue weighted by molar-refractivity contribution is -0.116. The number of halogens is 1. The van der Waals surface area contributed by atoms with Gasteiger partial charge in [-0.2, -0.15) is 0 Å². The monoisotopic (exact) mass is 522 g/mol. The van der Waals surface area contributed by atoms with Crippen LogP contribution in [-0.2, 0) is 14.6 Å². The Labute approximate surface area is 208 Å². The van der Waals surface area contributed by atoms with Crippen molar-refractivity contribution in [3.8, 4) is 11.6 Å². The Morgan fingerprint density at radius 3 is 2.42 bits per heavy atom. The Kier molecular flexibility index (Phi) is 7.94. The molecule has 3 rings (SSSR count). The maximum atomic E-state index is 14.8. The molecular formula is C23H27FN4O7S. The highest BCUT2D eigenvalue weighted by Gasteiger charge is 2.45. The summed E-state index contributed by atoms with van der Waals surface area (Å²) in [6.07, 6.45) is 0.943. The first-order chi connectivity index (χ1) is 16.9. The van der Waals surface area contributed by atoms with Gasteiger partial charge in [0.1, 0.15) is 15.7 Å². The van der Waals surface area contributed by atoms with Crippen molar-refractivity contribution in [3.63, 3.8) is 0 Å². The average Bonchev–Trinajstić information content (AvgIpc) is 3.04. The number of imide groups is 1. The number of hydrogen-bond acceptors (Lipinski definition) is 9. The maximum absolute atomic E-state index is 14.8. The molecule has 1 aliphatic heterocycles. The molecule has 1 aliphatic rings. The van der Waals surface area contributed by atoms with Gasteiger partial charge in [0.2, 0.25) is 5.91 Å². The van der Waals surface area contributed by atoms with Crippen molar-refractivity contribution >= 4 is 33.2 Å². The van der Waals surface area contributed by atoms with Gasteiger partial charge in [-0.05, 0) is 45.3 Å². The molecule has 1 atom stereocenters. The van der Waals surface area contributed by atoms with Crippen molar-refractivity contribution < 1.29 is 36.7 Å². The molecule has 36 heavy (non-hydrogen) atoms. The van der Waals surface area contributed by atoms with Crippen LogP contribution in [0, 0.1) is 5.82 Å². The summed E-state index contributed by atoms with van der Waals surface area (Å²) in [5.74, 6) is -3.84. The first-order valence-corrected chi connectivity index (χ1v) is 12.9. The van der Waals surface area contributed by atoms with E-state index in [0.29, 0.717) is 4.90 Å². The van der Waals surface area contributed by atoms with Gasteiger partial charge in [-0.25, -0.2) is 17.8 Å². The molecule has 13 heteroatoms. The van der Waals surface area contributed by atoms with Crippen LogP contribution >= 0.6 is 0 Å². The highest BCUT2D eigenvalue weighted by atomic mass is 32.2. The fourth-order valence-electron chi connectivity index (χ4n) is 3.81. The fraction of sp³-hybridized carbons (Fsp3) is 0.391. The third kappa shape index (κ3) is 5.62. The number of likely N-dealkylation sites (N-methyl/N-ethyl adjacent to an activating group) is 1. The molecule has 0 fully saturated rings. The number of carbonyl (C=O) groups is 3. The van der Waals surface area contributed by atoms with Gasteiger partial charge in [0.15, 0.2) is 5.75 Å². The molecule has 1 unspecified atom stereocenters. The predicted molar refractivity (Wildman–Crippen MR) is 128 cm³/mol. The fourth-order valence-corrected chi connectivity index (χ4v) is 4.70. The molecule has 11 nitrogen and oxygen atoms in total. The van der Waals surface area contributed by atoms with Gasteiger partial charge < -0.3 is 19.7 Å². The van der Waals surface area contributed by atoms with Crippen LogP contribution in [0.3, 0.4) is 0 Å². The van der Waals surface area contributed by atoms with Gasteiger partial charge in [-0.15, -0.1) is 0 Å². The lowest BCUT2D eigenvalue weighted by Crippen LogP contribution is -2.38. The summed E-state index contributed by atoms with van der Waals surface area (Å²) in [5, 5.41) is 2.52. The van der Waals surface area contributed by atoms with Crippen LogP contribution < -0.4 is 14.8 Å². The summed E-state index contributed by atoms with van der Waals surface area (Å²) < 4.78 is 50.1. The van der Waals surface area contributed by atoms with Crippen LogP contribution in [0.4, 0.5) is 10.1 Å². The van der Waals surface area contributed by atoms with Crippen LogP contribution in [0.5, 0.6) is 11.6 Å². The molecule has 2 heterocycles. The number of nitrogens with one attached hydrogen (secondary N) is 1. The lowest BCUT2D eigenvalue weighted by atomic mass is 10.1. The Morgan fingerprint density at radius 2 is 1.83 bits per heavy atom. The predicted octanol–water partition coefficient (Wildman–Crippen LogP) is 1.51. The molecule has 1 aromatic heterocycles. The second-order valence-corrected chi connectivity index (χ2v) is 10.6. The molecule has 3 amide bonds. The van der Waals surface area contributed by atoms with E-state index in [-0.39, 0.29) is 41.7 Å². The highest BCUT2D eigenvalue weighted by Crippen LogP contribution is 2.38. The number of benzene rings is 1. The Balaban J connectivity index is 2.12. The molecule has 1 aromatic carbocycles. The van der Waals surface area contributed by atoms with Crippen molar-refractivity contribution in [2.75, 3.05) is 51.7 Å². The number of rotatable bonds is 10. The van der Waals surface area contributed by atoms with Crippen LogP contribution in [0.2, 0.25) is 0 Å². The normalized spacial score (nSPS) is 14.1. The molecule has 0 bridgehead atoms. The zero-order valence-corrected chi connectivity index (χ0v) is 21.3. The Hall–Kier alpha value is -3.58. The number of anilines is 1. The van der Waals surface area contributed by atoms with E-state index in [1.807, 2.05) is 0 Å². The van der Waals surface area contributed by atoms with E-state index < -0.39 is 50.7 Å². The SMILES string of the molecule is CCOc1nc(C(CS(C)(=O)=O)N2C(=O)c3c(F)ccc(NC(=O)CN(C)C)c3C2=O)ccc1OC. The van der Waals surface area contributed by atoms with Gasteiger partial charge >= 0.3 is 0 Å². The van der Waals surface area contributed by atoms with Crippen molar-refractivity contribution in [1.29, 1.82) is 0 Å². The van der Waals surface area contributed by atoms with E-state index in [0.717, 1.165) is 12.3 Å². The van der Waals surface area contributed by atoms with E-state index in [2.05, 4.69) is 10.3 Å². The molecule has 1 N–H and O–H groups in total. The van der Waals surface area contributed by atoms with Gasteiger partial charge in [-0.1, -0.05) is 0 Å². The minimum Gasteiger partial charge on any atom is -0.491 e. The summed E-state index contributed by atoms with van der Waals surface area (Å²) in [6, 6.07) is 3.61. The van der Waals surface area contributed by atoms with Crippen LogP contribution in [0.1, 0.15) is 39.4 Å². The van der Waals surface area contributed by atoms with E-state index in [1.54, 1.807) is 25.9 Å². The number of hydrogen-bond donors (Lipinski definition) is 1. The summed E-state index contributed by atoms with van der Waals surface area (Å²) in [7, 11) is 0.963. The third-order valence-corrected chi connectivity index (χ3v) is 6.14. The molecule has 0 aliphatic carbocycles. The van der Waals surface area contributed by atoms with Gasteiger partial charge in [0.25, 0.3) is 17.7 Å². The smallest absolute Gasteiger partial charge is 0.265 e. The second kappa shape index (κ2) is 10.6. The third-order valence-electron chi connectivity index (χ3n) is 5.22. The number of aromatic nitrogens is 1. The summed E-state index contributed by atoms with van der Waals surface area (Å²) in [5.41, 5.74) is -0.948. The number of amides is 3. The van der Waals surface area contributed by atoms with Crippen LogP contribution in [0.25, 0.3) is 0 Å². The molecule has 0 saturated carbocycles. The number of fused-ring (bicyclic) bond motifs is 1. The molecule has 194 valence electrons. The Bertz CT molecular complexity index is 1310. The largest absolute Gasteiger partial charge is 0.491 e.